The molecular weight excluding hydrogens is 591 g/mol. The van der Waals surface area contributed by atoms with E-state index in [1.54, 1.807) is 24.3 Å². The van der Waals surface area contributed by atoms with Crippen molar-refractivity contribution >= 4 is 67.8 Å². The van der Waals surface area contributed by atoms with E-state index >= 15 is 0 Å². The number of rotatable bonds is 8. The number of fused-ring (bicyclic) bond motifs is 1. The molecule has 38 heavy (non-hydrogen) atoms. The largest absolute Gasteiger partial charge is 0.481 e. The summed E-state index contributed by atoms with van der Waals surface area (Å²) in [6.45, 7) is 5.71. The molecule has 0 saturated heterocycles. The highest BCUT2D eigenvalue weighted by atomic mass is 79.9. The lowest BCUT2D eigenvalue weighted by atomic mass is 10.1. The van der Waals surface area contributed by atoms with Crippen molar-refractivity contribution in [1.29, 1.82) is 0 Å². The van der Waals surface area contributed by atoms with Crippen LogP contribution in [0.3, 0.4) is 0 Å². The maximum atomic E-state index is 13.3. The number of ether oxygens (including phenoxy) is 1. The fourth-order valence-corrected chi connectivity index (χ4v) is 4.64. The van der Waals surface area contributed by atoms with Crippen molar-refractivity contribution in [2.45, 2.75) is 33.1 Å². The average molecular weight is 616 g/mol. The summed E-state index contributed by atoms with van der Waals surface area (Å²) in [4.78, 5) is 30.3. The highest BCUT2D eigenvalue weighted by Crippen LogP contribution is 2.34. The molecule has 0 fully saturated rings. The Morgan fingerprint density at radius 2 is 1.84 bits per heavy atom. The second-order valence-corrected chi connectivity index (χ2v) is 10.5. The summed E-state index contributed by atoms with van der Waals surface area (Å²) in [7, 11) is 0. The molecule has 0 aliphatic carbocycles. The van der Waals surface area contributed by atoms with Crippen molar-refractivity contribution in [2.75, 3.05) is 11.9 Å². The van der Waals surface area contributed by atoms with E-state index in [-0.39, 0.29) is 39.8 Å². The molecule has 7 nitrogen and oxygen atoms in total. The predicted molar refractivity (Wildman–Crippen MR) is 157 cm³/mol. The molecule has 3 aromatic carbocycles. The molecule has 0 bridgehead atoms. The fraction of sp³-hybridized carbons (Fsp3) is 0.214. The van der Waals surface area contributed by atoms with E-state index in [9.17, 15) is 9.59 Å². The van der Waals surface area contributed by atoms with Gasteiger partial charge in [0.15, 0.2) is 12.4 Å². The first-order valence-electron chi connectivity index (χ1n) is 11.9. The Morgan fingerprint density at radius 1 is 1.16 bits per heavy atom. The monoisotopic (exact) mass is 614 g/mol. The van der Waals surface area contributed by atoms with Crippen LogP contribution in [0.1, 0.15) is 43.1 Å². The molecule has 0 saturated carbocycles. The zero-order valence-electron chi connectivity index (χ0n) is 21.0. The highest BCUT2D eigenvalue weighted by Gasteiger charge is 2.16. The van der Waals surface area contributed by atoms with Crippen LogP contribution in [-0.2, 0) is 4.79 Å². The van der Waals surface area contributed by atoms with Gasteiger partial charge in [-0.15, -0.1) is 0 Å². The SMILES string of the molecule is CC[C@@H](C)c1nc2ccc(Br)cc2c(=O)n1N=Cc1cc(Cl)c(OCC(=O)Nc2ccc(C)cc2)c(Cl)c1. The number of nitrogens with zero attached hydrogens (tertiary/aromatic N) is 3. The molecule has 0 aliphatic rings. The second-order valence-electron chi connectivity index (χ2n) is 8.82. The van der Waals surface area contributed by atoms with Gasteiger partial charge in [-0.25, -0.2) is 4.98 Å². The number of carbonyl (C=O) groups is 1. The van der Waals surface area contributed by atoms with Gasteiger partial charge in [0, 0.05) is 16.1 Å². The summed E-state index contributed by atoms with van der Waals surface area (Å²) in [5.74, 6) is 0.389. The van der Waals surface area contributed by atoms with Crippen LogP contribution in [0.5, 0.6) is 5.75 Å². The van der Waals surface area contributed by atoms with Gasteiger partial charge in [-0.1, -0.05) is 70.7 Å². The summed E-state index contributed by atoms with van der Waals surface area (Å²) in [5.41, 5.74) is 2.63. The lowest BCUT2D eigenvalue weighted by Gasteiger charge is -2.14. The van der Waals surface area contributed by atoms with Crippen LogP contribution in [0.25, 0.3) is 10.9 Å². The molecule has 1 atom stereocenters. The maximum Gasteiger partial charge on any atom is 0.282 e. The maximum absolute atomic E-state index is 13.3. The smallest absolute Gasteiger partial charge is 0.282 e. The molecule has 0 unspecified atom stereocenters. The first kappa shape index (κ1) is 27.8. The van der Waals surface area contributed by atoms with Gasteiger partial charge in [0.25, 0.3) is 11.5 Å². The second kappa shape index (κ2) is 12.1. The van der Waals surface area contributed by atoms with Crippen LogP contribution in [0.15, 0.2) is 69.0 Å². The Morgan fingerprint density at radius 3 is 2.50 bits per heavy atom. The lowest BCUT2D eigenvalue weighted by molar-refractivity contribution is -0.118. The Bertz CT molecular complexity index is 1560. The molecule has 4 aromatic rings. The molecule has 1 amide bonds. The van der Waals surface area contributed by atoms with Gasteiger partial charge in [-0.3, -0.25) is 9.59 Å². The Labute approximate surface area is 238 Å². The normalized spacial score (nSPS) is 12.2. The van der Waals surface area contributed by atoms with Crippen LogP contribution in [-0.4, -0.2) is 28.4 Å². The minimum Gasteiger partial charge on any atom is -0.481 e. The number of aromatic nitrogens is 2. The lowest BCUT2D eigenvalue weighted by Crippen LogP contribution is -2.23. The summed E-state index contributed by atoms with van der Waals surface area (Å²) in [6, 6.07) is 16.0. The van der Waals surface area contributed by atoms with Gasteiger partial charge in [0.05, 0.1) is 27.2 Å². The van der Waals surface area contributed by atoms with Crippen LogP contribution in [0.2, 0.25) is 10.0 Å². The Kier molecular flexibility index (Phi) is 8.87. The van der Waals surface area contributed by atoms with Crippen LogP contribution in [0, 0.1) is 6.92 Å². The number of anilines is 1. The van der Waals surface area contributed by atoms with Gasteiger partial charge in [-0.2, -0.15) is 9.78 Å². The summed E-state index contributed by atoms with van der Waals surface area (Å²) in [5, 5.41) is 8.06. The van der Waals surface area contributed by atoms with Crippen molar-refractivity contribution in [1.82, 2.24) is 9.66 Å². The zero-order valence-corrected chi connectivity index (χ0v) is 24.1. The Hall–Kier alpha value is -3.20. The van der Waals surface area contributed by atoms with E-state index in [1.165, 1.54) is 10.9 Å². The van der Waals surface area contributed by atoms with Crippen molar-refractivity contribution in [2.24, 2.45) is 5.10 Å². The number of carbonyl (C=O) groups excluding carboxylic acids is 1. The van der Waals surface area contributed by atoms with Gasteiger partial charge in [0.1, 0.15) is 5.82 Å². The number of nitrogens with one attached hydrogen (secondary N) is 1. The minimum atomic E-state index is -0.348. The van der Waals surface area contributed by atoms with E-state index in [4.69, 9.17) is 32.9 Å². The summed E-state index contributed by atoms with van der Waals surface area (Å²) >= 11 is 16.2. The number of halogens is 3. The summed E-state index contributed by atoms with van der Waals surface area (Å²) < 4.78 is 7.68. The molecule has 1 N–H and O–H groups in total. The van der Waals surface area contributed by atoms with Crippen LogP contribution >= 0.6 is 39.1 Å². The molecule has 1 aromatic heterocycles. The molecule has 1 heterocycles. The van der Waals surface area contributed by atoms with Gasteiger partial charge >= 0.3 is 0 Å². The molecule has 0 radical (unpaired) electrons. The molecular formula is C28H25BrCl2N4O3. The van der Waals surface area contributed by atoms with E-state index in [2.05, 4.69) is 26.3 Å². The standard InChI is InChI=1S/C28H25BrCl2N4O3/c1-4-17(3)27-34-24-10-7-19(29)13-21(24)28(37)35(27)32-14-18-11-22(30)26(23(31)12-18)38-15-25(36)33-20-8-5-16(2)6-9-20/h5-14,17H,4,15H2,1-3H3,(H,33,36)/t17-/m1/s1. The topological polar surface area (TPSA) is 85.6 Å². The van der Waals surface area contributed by atoms with E-state index in [0.717, 1.165) is 16.5 Å². The number of amides is 1. The third-order valence-electron chi connectivity index (χ3n) is 5.91. The average Bonchev–Trinajstić information content (AvgIpc) is 2.88. The van der Waals surface area contributed by atoms with Crippen LogP contribution in [0.4, 0.5) is 5.69 Å². The van der Waals surface area contributed by atoms with Crippen molar-refractivity contribution in [3.05, 3.63) is 96.4 Å². The van der Waals surface area contributed by atoms with E-state index < -0.39 is 0 Å². The Balaban J connectivity index is 1.57. The first-order chi connectivity index (χ1) is 18.2. The van der Waals surface area contributed by atoms with Gasteiger partial charge in [-0.05, 0) is 61.4 Å². The molecule has 10 heteroatoms. The van der Waals surface area contributed by atoms with Crippen molar-refractivity contribution in [3.63, 3.8) is 0 Å². The van der Waals surface area contributed by atoms with E-state index in [1.807, 2.05) is 51.1 Å². The fourth-order valence-electron chi connectivity index (χ4n) is 3.67. The third-order valence-corrected chi connectivity index (χ3v) is 6.97. The summed E-state index contributed by atoms with van der Waals surface area (Å²) in [6.07, 6.45) is 2.27. The molecule has 4 rings (SSSR count). The van der Waals surface area contributed by atoms with Crippen LogP contribution < -0.4 is 15.6 Å². The quantitative estimate of drug-likeness (QED) is 0.213. The number of benzene rings is 3. The third kappa shape index (κ3) is 6.43. The molecule has 0 spiro atoms. The number of hydrogen-bond acceptors (Lipinski definition) is 5. The predicted octanol–water partition coefficient (Wildman–Crippen LogP) is 7.19. The first-order valence-corrected chi connectivity index (χ1v) is 13.5. The minimum absolute atomic E-state index is 0.00176. The van der Waals surface area contributed by atoms with E-state index in [0.29, 0.717) is 28.0 Å². The van der Waals surface area contributed by atoms with Gasteiger partial charge < -0.3 is 10.1 Å². The van der Waals surface area contributed by atoms with Gasteiger partial charge in [0.2, 0.25) is 0 Å². The van der Waals surface area contributed by atoms with Crippen molar-refractivity contribution < 1.29 is 9.53 Å². The zero-order chi connectivity index (χ0) is 27.4. The molecule has 0 aliphatic heterocycles. The molecule has 196 valence electrons. The highest BCUT2D eigenvalue weighted by molar-refractivity contribution is 9.10. The number of aryl methyl sites for hydroxylation is 1. The van der Waals surface area contributed by atoms with Crippen molar-refractivity contribution in [3.8, 4) is 5.75 Å². The number of hydrogen-bond donors (Lipinski definition) is 1.